The molecule has 16 heavy (non-hydrogen) atoms. The first-order valence-corrected chi connectivity index (χ1v) is 5.69. The summed E-state index contributed by atoms with van der Waals surface area (Å²) in [6, 6.07) is 3.44. The van der Waals surface area contributed by atoms with E-state index < -0.39 is 6.10 Å². The molecule has 0 saturated heterocycles. The molecule has 1 atom stereocenters. The largest absolute Gasteiger partial charge is 0.390 e. The Morgan fingerprint density at radius 2 is 2.31 bits per heavy atom. The Morgan fingerprint density at radius 1 is 1.56 bits per heavy atom. The van der Waals surface area contributed by atoms with Crippen molar-refractivity contribution in [2.45, 2.75) is 32.9 Å². The molecule has 0 amide bonds. The lowest BCUT2D eigenvalue weighted by Gasteiger charge is -2.13. The van der Waals surface area contributed by atoms with E-state index in [0.29, 0.717) is 13.1 Å². The fraction of sp³-hybridized carbons (Fsp3) is 0.583. The summed E-state index contributed by atoms with van der Waals surface area (Å²) in [5.41, 5.74) is 0.884. The summed E-state index contributed by atoms with van der Waals surface area (Å²) in [5, 5.41) is 12.8. The molecule has 0 fully saturated rings. The van der Waals surface area contributed by atoms with Crippen molar-refractivity contribution in [3.63, 3.8) is 0 Å². The molecule has 1 aromatic rings. The summed E-state index contributed by atoms with van der Waals surface area (Å²) in [5.74, 6) is 0. The van der Waals surface area contributed by atoms with E-state index in [4.69, 9.17) is 0 Å². The summed E-state index contributed by atoms with van der Waals surface area (Å²) in [6.07, 6.45) is 2.24. The van der Waals surface area contributed by atoms with Crippen LogP contribution in [0.5, 0.6) is 0 Å². The van der Waals surface area contributed by atoms with Crippen LogP contribution in [0.25, 0.3) is 0 Å². The Bertz CT molecular complexity index is 374. The summed E-state index contributed by atoms with van der Waals surface area (Å²) >= 11 is 0. The molecule has 0 spiro atoms. The maximum Gasteiger partial charge on any atom is 0.250 e. The summed E-state index contributed by atoms with van der Waals surface area (Å²) in [4.78, 5) is 11.5. The zero-order valence-electron chi connectivity index (χ0n) is 9.94. The van der Waals surface area contributed by atoms with Gasteiger partial charge in [0.1, 0.15) is 0 Å². The second-order valence-electron chi connectivity index (χ2n) is 4.05. The molecule has 0 aliphatic heterocycles. The van der Waals surface area contributed by atoms with E-state index in [1.54, 1.807) is 12.3 Å². The minimum absolute atomic E-state index is 0.0606. The fourth-order valence-corrected chi connectivity index (χ4v) is 1.49. The first-order chi connectivity index (χ1) is 7.63. The van der Waals surface area contributed by atoms with Crippen LogP contribution in [0.4, 0.5) is 0 Å². The second-order valence-corrected chi connectivity index (χ2v) is 4.05. The molecule has 0 saturated carbocycles. The lowest BCUT2D eigenvalue weighted by Crippen LogP contribution is -2.33. The molecule has 0 radical (unpaired) electrons. The number of pyridine rings is 1. The maximum absolute atomic E-state index is 11.5. The zero-order chi connectivity index (χ0) is 12.0. The Balaban J connectivity index is 2.49. The van der Waals surface area contributed by atoms with Crippen LogP contribution in [0.3, 0.4) is 0 Å². The Morgan fingerprint density at radius 3 is 2.94 bits per heavy atom. The number of aryl methyl sites for hydroxylation is 1. The average Bonchev–Trinajstić information content (AvgIpc) is 2.23. The van der Waals surface area contributed by atoms with Crippen molar-refractivity contribution in [3.8, 4) is 0 Å². The van der Waals surface area contributed by atoms with Crippen LogP contribution in [0.15, 0.2) is 23.1 Å². The Hall–Kier alpha value is -1.13. The molecule has 0 aliphatic carbocycles. The van der Waals surface area contributed by atoms with E-state index in [9.17, 15) is 9.90 Å². The molecule has 0 aromatic carbocycles. The highest BCUT2D eigenvalue weighted by Gasteiger charge is 2.05. The third kappa shape index (κ3) is 4.16. The van der Waals surface area contributed by atoms with E-state index >= 15 is 0 Å². The van der Waals surface area contributed by atoms with Gasteiger partial charge < -0.3 is 15.0 Å². The van der Waals surface area contributed by atoms with E-state index in [2.05, 4.69) is 12.2 Å². The minimum Gasteiger partial charge on any atom is -0.390 e. The van der Waals surface area contributed by atoms with Crippen molar-refractivity contribution in [1.82, 2.24) is 9.88 Å². The number of hydrogen-bond donors (Lipinski definition) is 2. The van der Waals surface area contributed by atoms with E-state index in [-0.39, 0.29) is 5.56 Å². The summed E-state index contributed by atoms with van der Waals surface area (Å²) in [7, 11) is 0. The predicted octanol–water partition coefficient (Wildman–Crippen LogP) is 0.517. The van der Waals surface area contributed by atoms with Gasteiger partial charge in [0.2, 0.25) is 0 Å². The number of nitrogens with zero attached hydrogens (tertiary/aromatic N) is 1. The highest BCUT2D eigenvalue weighted by atomic mass is 16.3. The molecule has 0 aliphatic rings. The molecule has 90 valence electrons. The van der Waals surface area contributed by atoms with Gasteiger partial charge in [-0.3, -0.25) is 4.79 Å². The molecule has 2 N–H and O–H groups in total. The molecule has 4 nitrogen and oxygen atoms in total. The number of aromatic nitrogens is 1. The standard InChI is InChI=1S/C12H20N2O2/c1-3-5-13-8-11(15)9-14-6-4-10(2)7-12(14)16/h4,6-7,11,13,15H,3,5,8-9H2,1-2H3. The van der Waals surface area contributed by atoms with Crippen molar-refractivity contribution >= 4 is 0 Å². The van der Waals surface area contributed by atoms with Gasteiger partial charge in [0.15, 0.2) is 0 Å². The van der Waals surface area contributed by atoms with Gasteiger partial charge in [-0.1, -0.05) is 6.92 Å². The Kier molecular flexibility index (Phi) is 5.22. The SMILES string of the molecule is CCCNCC(O)Cn1ccc(C)cc1=O. The lowest BCUT2D eigenvalue weighted by atomic mass is 10.3. The first kappa shape index (κ1) is 12.9. The van der Waals surface area contributed by atoms with Crippen molar-refractivity contribution < 1.29 is 5.11 Å². The van der Waals surface area contributed by atoms with E-state index in [1.165, 1.54) is 4.57 Å². The molecule has 0 bridgehead atoms. The van der Waals surface area contributed by atoms with Gasteiger partial charge in [-0.05, 0) is 31.5 Å². The third-order valence-electron chi connectivity index (χ3n) is 2.37. The predicted molar refractivity (Wildman–Crippen MR) is 64.6 cm³/mol. The third-order valence-corrected chi connectivity index (χ3v) is 2.37. The van der Waals surface area contributed by atoms with E-state index in [0.717, 1.165) is 18.5 Å². The highest BCUT2D eigenvalue weighted by Crippen LogP contribution is 1.93. The molecule has 1 aromatic heterocycles. The van der Waals surface area contributed by atoms with Crippen molar-refractivity contribution in [3.05, 3.63) is 34.2 Å². The molecule has 1 heterocycles. The summed E-state index contributed by atoms with van der Waals surface area (Å²) < 4.78 is 1.53. The van der Waals surface area contributed by atoms with Crippen LogP contribution in [0.1, 0.15) is 18.9 Å². The molecule has 1 rings (SSSR count). The lowest BCUT2D eigenvalue weighted by molar-refractivity contribution is 0.150. The fourth-order valence-electron chi connectivity index (χ4n) is 1.49. The Labute approximate surface area is 95.9 Å². The molecular weight excluding hydrogens is 204 g/mol. The van der Waals surface area contributed by atoms with Crippen LogP contribution >= 0.6 is 0 Å². The minimum atomic E-state index is -0.521. The van der Waals surface area contributed by atoms with Gasteiger partial charge in [-0.25, -0.2) is 0 Å². The van der Waals surface area contributed by atoms with Crippen molar-refractivity contribution in [2.24, 2.45) is 0 Å². The van der Waals surface area contributed by atoms with Gasteiger partial charge in [0.05, 0.1) is 12.6 Å². The number of hydrogen-bond acceptors (Lipinski definition) is 3. The number of rotatable bonds is 6. The molecule has 1 unspecified atom stereocenters. The van der Waals surface area contributed by atoms with Gasteiger partial charge in [0, 0.05) is 18.8 Å². The van der Waals surface area contributed by atoms with Crippen LogP contribution in [-0.4, -0.2) is 28.9 Å². The van der Waals surface area contributed by atoms with Crippen LogP contribution in [0, 0.1) is 6.92 Å². The van der Waals surface area contributed by atoms with Gasteiger partial charge in [-0.15, -0.1) is 0 Å². The normalized spacial score (nSPS) is 12.7. The van der Waals surface area contributed by atoms with E-state index in [1.807, 2.05) is 13.0 Å². The van der Waals surface area contributed by atoms with Gasteiger partial charge >= 0.3 is 0 Å². The smallest absolute Gasteiger partial charge is 0.250 e. The topological polar surface area (TPSA) is 54.3 Å². The number of aliphatic hydroxyl groups excluding tert-OH is 1. The van der Waals surface area contributed by atoms with Crippen molar-refractivity contribution in [1.29, 1.82) is 0 Å². The van der Waals surface area contributed by atoms with Crippen molar-refractivity contribution in [2.75, 3.05) is 13.1 Å². The number of aliphatic hydroxyl groups is 1. The monoisotopic (exact) mass is 224 g/mol. The first-order valence-electron chi connectivity index (χ1n) is 5.69. The number of nitrogens with one attached hydrogen (secondary N) is 1. The molecular formula is C12H20N2O2. The quantitative estimate of drug-likeness (QED) is 0.693. The summed E-state index contributed by atoms with van der Waals surface area (Å²) in [6.45, 7) is 5.71. The zero-order valence-corrected chi connectivity index (χ0v) is 9.94. The van der Waals surface area contributed by atoms with Gasteiger partial charge in [0.25, 0.3) is 5.56 Å². The maximum atomic E-state index is 11.5. The van der Waals surface area contributed by atoms with Crippen LogP contribution in [-0.2, 0) is 6.54 Å². The van der Waals surface area contributed by atoms with Gasteiger partial charge in [-0.2, -0.15) is 0 Å². The van der Waals surface area contributed by atoms with Crippen LogP contribution in [0.2, 0.25) is 0 Å². The highest BCUT2D eigenvalue weighted by molar-refractivity contribution is 5.08. The molecule has 4 heteroatoms. The second kappa shape index (κ2) is 6.45. The van der Waals surface area contributed by atoms with Crippen LogP contribution < -0.4 is 10.9 Å². The average molecular weight is 224 g/mol.